The van der Waals surface area contributed by atoms with Gasteiger partial charge in [-0.05, 0) is 37.8 Å². The molecule has 0 amide bonds. The van der Waals surface area contributed by atoms with Crippen molar-refractivity contribution >= 4 is 11.6 Å². The van der Waals surface area contributed by atoms with Crippen LogP contribution in [0.4, 0.5) is 0 Å². The number of fused-ring (bicyclic) bond motifs is 1. The van der Waals surface area contributed by atoms with E-state index in [0.29, 0.717) is 0 Å². The molecule has 0 radical (unpaired) electrons. The van der Waals surface area contributed by atoms with E-state index in [2.05, 4.69) is 9.97 Å². The van der Waals surface area contributed by atoms with Crippen molar-refractivity contribution in [1.29, 1.82) is 0 Å². The van der Waals surface area contributed by atoms with Crippen LogP contribution in [0.15, 0.2) is 24.3 Å². The molecule has 1 aliphatic carbocycles. The van der Waals surface area contributed by atoms with E-state index in [-0.39, 0.29) is 0 Å². The van der Waals surface area contributed by atoms with Gasteiger partial charge in [-0.2, -0.15) is 0 Å². The fourth-order valence-corrected chi connectivity index (χ4v) is 2.42. The minimum Gasteiger partial charge on any atom is -0.342 e. The van der Waals surface area contributed by atoms with Crippen LogP contribution in [0, 0.1) is 0 Å². The molecule has 0 saturated carbocycles. The molecule has 1 aromatic carbocycles. The number of aryl methyl sites for hydroxylation is 2. The van der Waals surface area contributed by atoms with E-state index in [0.717, 1.165) is 29.3 Å². The summed E-state index contributed by atoms with van der Waals surface area (Å²) < 4.78 is 0. The minimum atomic E-state index is 0.756. The van der Waals surface area contributed by atoms with E-state index in [4.69, 9.17) is 11.6 Å². The molecule has 0 bridgehead atoms. The highest BCUT2D eigenvalue weighted by atomic mass is 35.5. The van der Waals surface area contributed by atoms with Gasteiger partial charge in [0.15, 0.2) is 0 Å². The fraction of sp³-hybridized carbons (Fsp3) is 0.308. The largest absolute Gasteiger partial charge is 0.342 e. The lowest BCUT2D eigenvalue weighted by molar-refractivity contribution is 0.667. The van der Waals surface area contributed by atoms with Gasteiger partial charge in [0.25, 0.3) is 0 Å². The summed E-state index contributed by atoms with van der Waals surface area (Å²) in [6.45, 7) is 0. The number of hydrogen-bond acceptors (Lipinski definition) is 1. The molecule has 0 saturated heterocycles. The fourth-order valence-electron chi connectivity index (χ4n) is 2.23. The number of H-pyrrole nitrogens is 1. The van der Waals surface area contributed by atoms with Crippen LogP contribution < -0.4 is 0 Å². The molecule has 0 atom stereocenters. The SMILES string of the molecule is Clc1cccc(-c2nc3c([nH]2)CCCC3)c1. The first kappa shape index (κ1) is 9.91. The van der Waals surface area contributed by atoms with Gasteiger partial charge in [0, 0.05) is 16.3 Å². The van der Waals surface area contributed by atoms with Crippen molar-refractivity contribution in [1.82, 2.24) is 9.97 Å². The lowest BCUT2D eigenvalue weighted by Crippen LogP contribution is -2.00. The molecule has 2 aromatic rings. The molecule has 1 N–H and O–H groups in total. The third-order valence-electron chi connectivity index (χ3n) is 3.05. The number of imidazole rings is 1. The number of halogens is 1. The van der Waals surface area contributed by atoms with E-state index in [1.54, 1.807) is 0 Å². The first-order valence-corrected chi connectivity index (χ1v) is 6.04. The molecular weight excluding hydrogens is 220 g/mol. The van der Waals surface area contributed by atoms with Crippen molar-refractivity contribution in [3.63, 3.8) is 0 Å². The van der Waals surface area contributed by atoms with Crippen LogP contribution in [0.5, 0.6) is 0 Å². The number of rotatable bonds is 1. The van der Waals surface area contributed by atoms with Gasteiger partial charge in [0.2, 0.25) is 0 Å². The van der Waals surface area contributed by atoms with Crippen LogP contribution in [0.3, 0.4) is 0 Å². The second-order valence-electron chi connectivity index (χ2n) is 4.23. The quantitative estimate of drug-likeness (QED) is 0.800. The maximum atomic E-state index is 5.98. The summed E-state index contributed by atoms with van der Waals surface area (Å²) in [5.74, 6) is 0.953. The zero-order valence-electron chi connectivity index (χ0n) is 8.96. The van der Waals surface area contributed by atoms with Crippen molar-refractivity contribution in [2.45, 2.75) is 25.7 Å². The summed E-state index contributed by atoms with van der Waals surface area (Å²) in [4.78, 5) is 8.06. The second kappa shape index (κ2) is 3.95. The van der Waals surface area contributed by atoms with E-state index in [9.17, 15) is 0 Å². The molecule has 0 aliphatic heterocycles. The summed E-state index contributed by atoms with van der Waals surface area (Å²) in [5.41, 5.74) is 3.62. The number of aromatic nitrogens is 2. The smallest absolute Gasteiger partial charge is 0.137 e. The molecule has 16 heavy (non-hydrogen) atoms. The number of aromatic amines is 1. The molecule has 1 aromatic heterocycles. The molecule has 1 heterocycles. The van der Waals surface area contributed by atoms with Gasteiger partial charge in [0.05, 0.1) is 5.69 Å². The predicted octanol–water partition coefficient (Wildman–Crippen LogP) is 3.61. The van der Waals surface area contributed by atoms with Crippen molar-refractivity contribution in [2.75, 3.05) is 0 Å². The van der Waals surface area contributed by atoms with E-state index in [1.165, 1.54) is 24.2 Å². The van der Waals surface area contributed by atoms with Gasteiger partial charge in [-0.15, -0.1) is 0 Å². The lowest BCUT2D eigenvalue weighted by Gasteiger charge is -2.07. The molecule has 0 unspecified atom stereocenters. The first-order chi connectivity index (χ1) is 7.83. The maximum Gasteiger partial charge on any atom is 0.137 e. The summed E-state index contributed by atoms with van der Waals surface area (Å²) >= 11 is 5.98. The van der Waals surface area contributed by atoms with Crippen molar-refractivity contribution < 1.29 is 0 Å². The topological polar surface area (TPSA) is 28.7 Å². The van der Waals surface area contributed by atoms with Crippen LogP contribution in [-0.2, 0) is 12.8 Å². The van der Waals surface area contributed by atoms with Crippen LogP contribution in [-0.4, -0.2) is 9.97 Å². The van der Waals surface area contributed by atoms with Crippen molar-refractivity contribution in [3.8, 4) is 11.4 Å². The Morgan fingerprint density at radius 2 is 2.06 bits per heavy atom. The van der Waals surface area contributed by atoms with E-state index < -0.39 is 0 Å². The molecule has 2 nitrogen and oxygen atoms in total. The van der Waals surface area contributed by atoms with Gasteiger partial charge in [-0.25, -0.2) is 4.98 Å². The Bertz CT molecular complexity index is 493. The number of nitrogens with zero attached hydrogens (tertiary/aromatic N) is 1. The molecule has 0 fully saturated rings. The third kappa shape index (κ3) is 1.74. The zero-order chi connectivity index (χ0) is 11.0. The highest BCUT2D eigenvalue weighted by Gasteiger charge is 2.14. The number of nitrogens with one attached hydrogen (secondary N) is 1. The highest BCUT2D eigenvalue weighted by molar-refractivity contribution is 6.30. The minimum absolute atomic E-state index is 0.756. The monoisotopic (exact) mass is 232 g/mol. The number of hydrogen-bond donors (Lipinski definition) is 1. The molecule has 1 aliphatic rings. The Hall–Kier alpha value is -1.28. The normalized spacial score (nSPS) is 14.8. The molecule has 3 heteroatoms. The van der Waals surface area contributed by atoms with Gasteiger partial charge >= 0.3 is 0 Å². The van der Waals surface area contributed by atoms with Crippen LogP contribution in [0.2, 0.25) is 5.02 Å². The first-order valence-electron chi connectivity index (χ1n) is 5.66. The zero-order valence-corrected chi connectivity index (χ0v) is 9.72. The van der Waals surface area contributed by atoms with Crippen molar-refractivity contribution in [3.05, 3.63) is 40.7 Å². The Morgan fingerprint density at radius 1 is 1.19 bits per heavy atom. The average Bonchev–Trinajstić information content (AvgIpc) is 2.72. The summed E-state index contributed by atoms with van der Waals surface area (Å²) in [7, 11) is 0. The van der Waals surface area contributed by atoms with Gasteiger partial charge < -0.3 is 4.98 Å². The standard InChI is InChI=1S/C13H13ClN2/c14-10-5-3-4-9(8-10)13-15-11-6-1-2-7-12(11)16-13/h3-5,8H,1-2,6-7H2,(H,15,16). The predicted molar refractivity (Wildman–Crippen MR) is 65.7 cm³/mol. The molecule has 0 spiro atoms. The van der Waals surface area contributed by atoms with Gasteiger partial charge in [-0.1, -0.05) is 23.7 Å². The summed E-state index contributed by atoms with van der Waals surface area (Å²) in [5, 5.41) is 0.756. The summed E-state index contributed by atoms with van der Waals surface area (Å²) in [6.07, 6.45) is 4.76. The Labute approximate surface area is 99.7 Å². The lowest BCUT2D eigenvalue weighted by atomic mass is 10.0. The van der Waals surface area contributed by atoms with E-state index >= 15 is 0 Å². The third-order valence-corrected chi connectivity index (χ3v) is 3.29. The van der Waals surface area contributed by atoms with Gasteiger partial charge in [0.1, 0.15) is 5.82 Å². The van der Waals surface area contributed by atoms with Gasteiger partial charge in [-0.3, -0.25) is 0 Å². The molecular formula is C13H13ClN2. The van der Waals surface area contributed by atoms with Crippen LogP contribution >= 0.6 is 11.6 Å². The van der Waals surface area contributed by atoms with E-state index in [1.807, 2.05) is 24.3 Å². The Kier molecular flexibility index (Phi) is 2.44. The molecule has 3 rings (SSSR count). The second-order valence-corrected chi connectivity index (χ2v) is 4.66. The highest BCUT2D eigenvalue weighted by Crippen LogP contribution is 2.25. The average molecular weight is 233 g/mol. The van der Waals surface area contributed by atoms with Crippen LogP contribution in [0.25, 0.3) is 11.4 Å². The number of benzene rings is 1. The maximum absolute atomic E-state index is 5.98. The van der Waals surface area contributed by atoms with Crippen LogP contribution in [0.1, 0.15) is 24.2 Å². The van der Waals surface area contributed by atoms with Crippen molar-refractivity contribution in [2.24, 2.45) is 0 Å². The Balaban J connectivity index is 2.03. The summed E-state index contributed by atoms with van der Waals surface area (Å²) in [6, 6.07) is 7.83. The Morgan fingerprint density at radius 3 is 2.88 bits per heavy atom. The molecule has 82 valence electrons.